The van der Waals surface area contributed by atoms with Gasteiger partial charge in [-0.3, -0.25) is 0 Å². The van der Waals surface area contributed by atoms with E-state index in [9.17, 15) is 31.1 Å². The van der Waals surface area contributed by atoms with E-state index in [2.05, 4.69) is 26.2 Å². The largest absolute Gasteiger partial charge is 0.457 e. The molecule has 1 aliphatic rings. The van der Waals surface area contributed by atoms with Crippen molar-refractivity contribution >= 4 is 53.3 Å². The molecule has 5 nitrogen and oxygen atoms in total. The Balaban J connectivity index is 1.80. The van der Waals surface area contributed by atoms with Crippen molar-refractivity contribution in [2.45, 2.75) is 12.4 Å². The van der Waals surface area contributed by atoms with E-state index in [1.54, 1.807) is 12.1 Å². The molecule has 160 valence electrons. The number of nitrogens with one attached hydrogen (secondary N) is 2. The summed E-state index contributed by atoms with van der Waals surface area (Å²) < 4.78 is 83.7. The Bertz CT molecular complexity index is 978. The van der Waals surface area contributed by atoms with Gasteiger partial charge >= 0.3 is 18.4 Å². The molecule has 0 radical (unpaired) electrons. The van der Waals surface area contributed by atoms with Crippen LogP contribution in [0.4, 0.5) is 42.5 Å². The summed E-state index contributed by atoms with van der Waals surface area (Å²) in [6.45, 7) is 0.487. The van der Waals surface area contributed by atoms with Crippen LogP contribution in [-0.2, 0) is 16.9 Å². The predicted octanol–water partition coefficient (Wildman–Crippen LogP) is 5.78. The molecular weight excluding hydrogens is 503 g/mol. The Morgan fingerprint density at radius 1 is 1.00 bits per heavy atom. The van der Waals surface area contributed by atoms with E-state index in [1.165, 1.54) is 6.07 Å². The van der Waals surface area contributed by atoms with Crippen LogP contribution in [0.3, 0.4) is 0 Å². The van der Waals surface area contributed by atoms with Crippen molar-refractivity contribution < 1.29 is 35.7 Å². The molecule has 2 N–H and O–H groups in total. The molecule has 0 aliphatic carbocycles. The number of halogens is 7. The molecule has 2 aromatic carbocycles. The fourth-order valence-corrected chi connectivity index (χ4v) is 3.63. The van der Waals surface area contributed by atoms with Gasteiger partial charge in [-0.2, -0.15) is 26.3 Å². The van der Waals surface area contributed by atoms with Crippen LogP contribution >= 0.6 is 24.7 Å². The molecule has 0 fully saturated rings. The molecular formula is C17H11BrF6N3O2P. The summed E-state index contributed by atoms with van der Waals surface area (Å²) >= 11 is 3.27. The number of carbonyl (C=O) groups is 1. The maximum Gasteiger partial charge on any atom is 0.416 e. The number of aliphatic imine (C=N–C) groups is 1. The molecule has 0 spiro atoms. The smallest absolute Gasteiger partial charge is 0.416 e. The van der Waals surface area contributed by atoms with Gasteiger partial charge in [0.1, 0.15) is 15.4 Å². The molecule has 0 aromatic heterocycles. The van der Waals surface area contributed by atoms with Crippen molar-refractivity contribution in [3.8, 4) is 0 Å². The third kappa shape index (κ3) is 6.09. The second kappa shape index (κ2) is 8.43. The highest BCUT2D eigenvalue weighted by atomic mass is 79.9. The van der Waals surface area contributed by atoms with Crippen LogP contribution in [0.15, 0.2) is 45.9 Å². The van der Waals surface area contributed by atoms with E-state index in [0.717, 1.165) is 0 Å². The molecule has 30 heavy (non-hydrogen) atoms. The van der Waals surface area contributed by atoms with Gasteiger partial charge in [0.15, 0.2) is 0 Å². The first kappa shape index (κ1) is 22.4. The van der Waals surface area contributed by atoms with E-state index >= 15 is 0 Å². The highest BCUT2D eigenvalue weighted by molar-refractivity contribution is 9.10. The average molecular weight is 514 g/mol. The number of amides is 2. The molecule has 0 saturated carbocycles. The van der Waals surface area contributed by atoms with E-state index in [4.69, 9.17) is 4.52 Å². The zero-order valence-electron chi connectivity index (χ0n) is 14.6. The van der Waals surface area contributed by atoms with E-state index in [0.29, 0.717) is 34.4 Å². The van der Waals surface area contributed by atoms with Crippen LogP contribution in [0, 0.1) is 0 Å². The van der Waals surface area contributed by atoms with Gasteiger partial charge in [0.2, 0.25) is 5.90 Å². The number of rotatable bonds is 4. The minimum Gasteiger partial charge on any atom is -0.457 e. The molecule has 0 saturated heterocycles. The normalized spacial score (nSPS) is 13.9. The topological polar surface area (TPSA) is 62.7 Å². The molecule has 1 heterocycles. The standard InChI is InChI=1S/C17H11BrF6N3O2P/c18-10-1-2-12(13(6-10)30-29-14-7-25-14)27-15(28)26-11-4-8(16(19,20)21)3-9(5-11)17(22,23)24/h1-6,30H,7H2,(H2,26,27,28). The monoisotopic (exact) mass is 513 g/mol. The molecule has 2 aromatic rings. The third-order valence-corrected chi connectivity index (χ3v) is 5.11. The molecule has 1 aliphatic heterocycles. The van der Waals surface area contributed by atoms with Crippen LogP contribution in [0.2, 0.25) is 0 Å². The van der Waals surface area contributed by atoms with Crippen molar-refractivity contribution in [1.82, 2.24) is 0 Å². The molecule has 1 unspecified atom stereocenters. The van der Waals surface area contributed by atoms with Gasteiger partial charge in [-0.25, -0.2) is 9.79 Å². The lowest BCUT2D eigenvalue weighted by Crippen LogP contribution is -2.23. The lowest BCUT2D eigenvalue weighted by Gasteiger charge is -2.16. The number of anilines is 2. The number of nitrogens with zero attached hydrogens (tertiary/aromatic N) is 1. The second-order valence-corrected chi connectivity index (χ2v) is 7.84. The SMILES string of the molecule is O=C(Nc1cc(C(F)(F)F)cc(C(F)(F)F)c1)Nc1ccc(Br)cc1POC1=NC1. The van der Waals surface area contributed by atoms with Gasteiger partial charge in [-0.15, -0.1) is 0 Å². The fraction of sp³-hybridized carbons (Fsp3) is 0.176. The van der Waals surface area contributed by atoms with Gasteiger partial charge in [-0.05, 0) is 36.4 Å². The van der Waals surface area contributed by atoms with E-state index in [1.807, 2.05) is 5.32 Å². The van der Waals surface area contributed by atoms with E-state index in [-0.39, 0.29) is 20.6 Å². The second-order valence-electron chi connectivity index (χ2n) is 5.98. The lowest BCUT2D eigenvalue weighted by molar-refractivity contribution is -0.143. The zero-order chi connectivity index (χ0) is 22.1. The minimum absolute atomic E-state index is 0.0189. The van der Waals surface area contributed by atoms with Crippen LogP contribution in [0.5, 0.6) is 0 Å². The fourth-order valence-electron chi connectivity index (χ4n) is 2.23. The van der Waals surface area contributed by atoms with Gasteiger partial charge in [0.05, 0.1) is 16.8 Å². The summed E-state index contributed by atoms with van der Waals surface area (Å²) in [6.07, 6.45) is -10.0. The number of alkyl halides is 6. The van der Waals surface area contributed by atoms with Gasteiger partial charge < -0.3 is 15.2 Å². The Morgan fingerprint density at radius 2 is 1.60 bits per heavy atom. The van der Waals surface area contributed by atoms with E-state index < -0.39 is 35.2 Å². The zero-order valence-corrected chi connectivity index (χ0v) is 17.2. The number of benzene rings is 2. The summed E-state index contributed by atoms with van der Waals surface area (Å²) in [7, 11) is -0.210. The van der Waals surface area contributed by atoms with Crippen molar-refractivity contribution in [1.29, 1.82) is 0 Å². The van der Waals surface area contributed by atoms with Crippen LogP contribution in [-0.4, -0.2) is 18.5 Å². The summed E-state index contributed by atoms with van der Waals surface area (Å²) in [5.41, 5.74) is -3.44. The van der Waals surface area contributed by atoms with Crippen LogP contribution < -0.4 is 15.9 Å². The summed E-state index contributed by atoms with van der Waals surface area (Å²) in [4.78, 5) is 16.1. The lowest BCUT2D eigenvalue weighted by atomic mass is 10.1. The first-order valence-electron chi connectivity index (χ1n) is 8.05. The Hall–Kier alpha value is -2.33. The van der Waals surface area contributed by atoms with Crippen molar-refractivity contribution in [3.63, 3.8) is 0 Å². The molecule has 13 heteroatoms. The van der Waals surface area contributed by atoms with Crippen LogP contribution in [0.25, 0.3) is 0 Å². The van der Waals surface area contributed by atoms with Gasteiger partial charge in [0, 0.05) is 15.5 Å². The highest BCUT2D eigenvalue weighted by Gasteiger charge is 2.37. The number of hydrogen-bond donors (Lipinski definition) is 2. The maximum atomic E-state index is 12.9. The third-order valence-electron chi connectivity index (χ3n) is 3.64. The first-order chi connectivity index (χ1) is 13.9. The molecule has 2 amide bonds. The summed E-state index contributed by atoms with van der Waals surface area (Å²) in [5, 5.41) is 4.96. The Morgan fingerprint density at radius 3 is 2.13 bits per heavy atom. The number of urea groups is 1. The van der Waals surface area contributed by atoms with Crippen molar-refractivity contribution in [3.05, 3.63) is 52.0 Å². The Labute approximate surface area is 175 Å². The van der Waals surface area contributed by atoms with Gasteiger partial charge in [-0.1, -0.05) is 15.9 Å². The molecule has 3 rings (SSSR count). The number of carbonyl (C=O) groups excluding carboxylic acids is 1. The summed E-state index contributed by atoms with van der Waals surface area (Å²) in [5.74, 6) is 0.548. The average Bonchev–Trinajstić information content (AvgIpc) is 3.44. The predicted molar refractivity (Wildman–Crippen MR) is 105 cm³/mol. The Kier molecular flexibility index (Phi) is 6.28. The van der Waals surface area contributed by atoms with Crippen LogP contribution in [0.1, 0.15) is 11.1 Å². The van der Waals surface area contributed by atoms with Crippen molar-refractivity contribution in [2.24, 2.45) is 4.99 Å². The maximum absolute atomic E-state index is 12.9. The van der Waals surface area contributed by atoms with Gasteiger partial charge in [0.25, 0.3) is 0 Å². The summed E-state index contributed by atoms with van der Waals surface area (Å²) in [6, 6.07) is 4.58. The quantitative estimate of drug-likeness (QED) is 0.402. The highest BCUT2D eigenvalue weighted by Crippen LogP contribution is 2.37. The molecule has 1 atom stereocenters. The minimum atomic E-state index is -5.02. The first-order valence-corrected chi connectivity index (χ1v) is 9.75. The number of hydrogen-bond acceptors (Lipinski definition) is 3. The molecule has 0 bridgehead atoms. The van der Waals surface area contributed by atoms with Crippen molar-refractivity contribution in [2.75, 3.05) is 17.2 Å².